The summed E-state index contributed by atoms with van der Waals surface area (Å²) < 4.78 is 10.7. The molecular formula is C20H21N3O3. The number of amides is 1. The van der Waals surface area contributed by atoms with E-state index in [0.29, 0.717) is 17.2 Å². The molecule has 0 fully saturated rings. The number of carbonyl (C=O) groups is 1. The second-order valence-electron chi connectivity index (χ2n) is 5.82. The zero-order chi connectivity index (χ0) is 18.9. The van der Waals surface area contributed by atoms with E-state index < -0.39 is 0 Å². The molecule has 0 atom stereocenters. The first-order valence-electron chi connectivity index (χ1n) is 8.12. The Kier molecular flexibility index (Phi) is 6.75. The van der Waals surface area contributed by atoms with Crippen molar-refractivity contribution in [3.63, 3.8) is 0 Å². The van der Waals surface area contributed by atoms with E-state index in [1.807, 2.05) is 50.2 Å². The van der Waals surface area contributed by atoms with Gasteiger partial charge in [0.2, 0.25) is 0 Å². The first kappa shape index (κ1) is 19.0. The van der Waals surface area contributed by atoms with E-state index >= 15 is 0 Å². The zero-order valence-electron chi connectivity index (χ0n) is 15.1. The molecule has 0 bridgehead atoms. The van der Waals surface area contributed by atoms with Crippen LogP contribution in [0.25, 0.3) is 0 Å². The van der Waals surface area contributed by atoms with Crippen molar-refractivity contribution in [1.29, 1.82) is 5.26 Å². The summed E-state index contributed by atoms with van der Waals surface area (Å²) >= 11 is 0. The lowest BCUT2D eigenvalue weighted by atomic mass is 10.1. The summed E-state index contributed by atoms with van der Waals surface area (Å²) in [6, 6.07) is 14.8. The number of nitrogens with zero attached hydrogens (tertiary/aromatic N) is 2. The molecular weight excluding hydrogens is 330 g/mol. The van der Waals surface area contributed by atoms with Crippen molar-refractivity contribution >= 4 is 11.6 Å². The van der Waals surface area contributed by atoms with Gasteiger partial charge in [-0.3, -0.25) is 4.79 Å². The van der Waals surface area contributed by atoms with Crippen LogP contribution in [0.2, 0.25) is 0 Å². The predicted molar refractivity (Wildman–Crippen MR) is 99.3 cm³/mol. The van der Waals surface area contributed by atoms with Gasteiger partial charge in [-0.05, 0) is 73.9 Å². The summed E-state index contributed by atoms with van der Waals surface area (Å²) in [6.45, 7) is 5.63. The lowest BCUT2D eigenvalue weighted by molar-refractivity contribution is -0.123. The van der Waals surface area contributed by atoms with E-state index in [9.17, 15) is 4.79 Å². The van der Waals surface area contributed by atoms with Crippen LogP contribution in [0, 0.1) is 25.2 Å². The molecule has 0 heterocycles. The highest BCUT2D eigenvalue weighted by Gasteiger charge is 2.04. The van der Waals surface area contributed by atoms with Gasteiger partial charge in [-0.15, -0.1) is 0 Å². The molecule has 0 saturated carbocycles. The van der Waals surface area contributed by atoms with E-state index in [4.69, 9.17) is 14.7 Å². The Labute approximate surface area is 153 Å². The summed E-state index contributed by atoms with van der Waals surface area (Å²) in [7, 11) is 0. The molecule has 1 N–H and O–H groups in total. The fourth-order valence-corrected chi connectivity index (χ4v) is 2.32. The normalized spacial score (nSPS) is 10.8. The van der Waals surface area contributed by atoms with Crippen molar-refractivity contribution in [2.24, 2.45) is 5.10 Å². The highest BCUT2D eigenvalue weighted by Crippen LogP contribution is 2.16. The molecule has 0 aliphatic rings. The topological polar surface area (TPSA) is 83.7 Å². The number of hydrazone groups is 1. The molecule has 2 aromatic carbocycles. The second-order valence-corrected chi connectivity index (χ2v) is 5.82. The van der Waals surface area contributed by atoms with Crippen LogP contribution in [0.15, 0.2) is 47.6 Å². The molecule has 0 aliphatic carbocycles. The van der Waals surface area contributed by atoms with Crippen molar-refractivity contribution < 1.29 is 14.3 Å². The van der Waals surface area contributed by atoms with Gasteiger partial charge in [0.05, 0.1) is 5.71 Å². The fraction of sp³-hybridized carbons (Fsp3) is 0.250. The lowest BCUT2D eigenvalue weighted by Crippen LogP contribution is -2.25. The lowest BCUT2D eigenvalue weighted by Gasteiger charge is -2.08. The first-order valence-corrected chi connectivity index (χ1v) is 8.12. The third kappa shape index (κ3) is 5.95. The highest BCUT2D eigenvalue weighted by atomic mass is 16.5. The minimum atomic E-state index is -0.336. The fourth-order valence-electron chi connectivity index (χ4n) is 2.32. The van der Waals surface area contributed by atoms with E-state index in [1.54, 1.807) is 19.1 Å². The van der Waals surface area contributed by atoms with Crippen LogP contribution in [0.3, 0.4) is 0 Å². The molecule has 6 heteroatoms. The highest BCUT2D eigenvalue weighted by molar-refractivity contribution is 5.99. The van der Waals surface area contributed by atoms with Gasteiger partial charge >= 0.3 is 0 Å². The van der Waals surface area contributed by atoms with E-state index in [2.05, 4.69) is 10.5 Å². The number of hydrogen-bond acceptors (Lipinski definition) is 5. The van der Waals surface area contributed by atoms with Crippen molar-refractivity contribution in [1.82, 2.24) is 5.43 Å². The van der Waals surface area contributed by atoms with Crippen molar-refractivity contribution in [3.05, 3.63) is 59.2 Å². The molecule has 1 amide bonds. The van der Waals surface area contributed by atoms with E-state index in [0.717, 1.165) is 16.7 Å². The third-order valence-electron chi connectivity index (χ3n) is 3.49. The van der Waals surface area contributed by atoms with Crippen LogP contribution >= 0.6 is 0 Å². The van der Waals surface area contributed by atoms with E-state index in [1.165, 1.54) is 0 Å². The summed E-state index contributed by atoms with van der Waals surface area (Å²) in [6.07, 6.45) is 0. The molecule has 0 aliphatic heterocycles. The zero-order valence-corrected chi connectivity index (χ0v) is 15.1. The van der Waals surface area contributed by atoms with Crippen LogP contribution in [-0.2, 0) is 4.79 Å². The smallest absolute Gasteiger partial charge is 0.277 e. The van der Waals surface area contributed by atoms with Crippen LogP contribution in [0.1, 0.15) is 23.6 Å². The van der Waals surface area contributed by atoms with Gasteiger partial charge < -0.3 is 9.47 Å². The number of aryl methyl sites for hydroxylation is 2. The maximum absolute atomic E-state index is 11.9. The Balaban J connectivity index is 1.87. The van der Waals surface area contributed by atoms with Crippen LogP contribution < -0.4 is 14.9 Å². The molecule has 134 valence electrons. The minimum Gasteiger partial charge on any atom is -0.484 e. The number of rotatable bonds is 7. The van der Waals surface area contributed by atoms with Crippen molar-refractivity contribution in [2.75, 3.05) is 13.2 Å². The predicted octanol–water partition coefficient (Wildman–Crippen LogP) is 3.13. The van der Waals surface area contributed by atoms with Crippen LogP contribution in [0.4, 0.5) is 0 Å². The van der Waals surface area contributed by atoms with Crippen LogP contribution in [0.5, 0.6) is 11.5 Å². The number of ether oxygens (including phenoxy) is 2. The molecule has 0 aromatic heterocycles. The number of hydrogen-bond donors (Lipinski definition) is 1. The molecule has 26 heavy (non-hydrogen) atoms. The number of nitriles is 1. The summed E-state index contributed by atoms with van der Waals surface area (Å²) in [5.74, 6) is 0.928. The van der Waals surface area contributed by atoms with Gasteiger partial charge in [0.1, 0.15) is 17.6 Å². The van der Waals surface area contributed by atoms with Gasteiger partial charge in [0.15, 0.2) is 13.2 Å². The second kappa shape index (κ2) is 9.23. The first-order chi connectivity index (χ1) is 12.5. The molecule has 0 saturated heterocycles. The molecule has 2 aromatic rings. The Morgan fingerprint density at radius 2 is 1.73 bits per heavy atom. The number of benzene rings is 2. The third-order valence-corrected chi connectivity index (χ3v) is 3.49. The largest absolute Gasteiger partial charge is 0.484 e. The monoisotopic (exact) mass is 351 g/mol. The Hall–Kier alpha value is -3.33. The van der Waals surface area contributed by atoms with Gasteiger partial charge in [0.25, 0.3) is 5.91 Å². The summed E-state index contributed by atoms with van der Waals surface area (Å²) in [5.41, 5.74) is 6.13. The Morgan fingerprint density at radius 3 is 2.35 bits per heavy atom. The Bertz CT molecular complexity index is 816. The average Bonchev–Trinajstić information content (AvgIpc) is 2.62. The summed E-state index contributed by atoms with van der Waals surface area (Å²) in [5, 5.41) is 12.6. The molecule has 0 unspecified atom stereocenters. The van der Waals surface area contributed by atoms with Gasteiger partial charge in [-0.2, -0.15) is 10.4 Å². The SMILES string of the molecule is C/C(=N/NC(=O)COc1cc(C)cc(C)c1)c1ccc(OCC#N)cc1. The Morgan fingerprint density at radius 1 is 1.08 bits per heavy atom. The van der Waals surface area contributed by atoms with Crippen LogP contribution in [-0.4, -0.2) is 24.8 Å². The quantitative estimate of drug-likeness (QED) is 0.613. The minimum absolute atomic E-state index is 0.00292. The van der Waals surface area contributed by atoms with Gasteiger partial charge in [-0.25, -0.2) is 5.43 Å². The van der Waals surface area contributed by atoms with Gasteiger partial charge in [-0.1, -0.05) is 6.07 Å². The molecule has 6 nitrogen and oxygen atoms in total. The number of carbonyl (C=O) groups excluding carboxylic acids is 1. The maximum Gasteiger partial charge on any atom is 0.277 e. The molecule has 0 radical (unpaired) electrons. The summed E-state index contributed by atoms with van der Waals surface area (Å²) in [4.78, 5) is 11.9. The standard InChI is InChI=1S/C20H21N3O3/c1-14-10-15(2)12-19(11-14)26-13-20(24)23-22-16(3)17-4-6-18(7-5-17)25-9-8-21/h4-7,10-12H,9,13H2,1-3H3,(H,23,24)/b22-16-. The molecule has 0 spiro atoms. The maximum atomic E-state index is 11.9. The van der Waals surface area contributed by atoms with Crippen molar-refractivity contribution in [2.45, 2.75) is 20.8 Å². The van der Waals surface area contributed by atoms with E-state index in [-0.39, 0.29) is 19.1 Å². The molecule has 2 rings (SSSR count). The van der Waals surface area contributed by atoms with Crippen molar-refractivity contribution in [3.8, 4) is 17.6 Å². The average molecular weight is 351 g/mol. The number of nitrogens with one attached hydrogen (secondary N) is 1. The van der Waals surface area contributed by atoms with Gasteiger partial charge in [0, 0.05) is 0 Å².